The van der Waals surface area contributed by atoms with E-state index in [-0.39, 0.29) is 60.9 Å². The quantitative estimate of drug-likeness (QED) is 0.0138. The maximum Gasteiger partial charge on any atom is 0.185 e. The summed E-state index contributed by atoms with van der Waals surface area (Å²) in [6.07, 6.45) is 8.00. The number of aromatic nitrogens is 18. The van der Waals surface area contributed by atoms with Crippen LogP contribution in [0.15, 0.2) is 205 Å². The Labute approximate surface area is 679 Å². The van der Waals surface area contributed by atoms with E-state index in [1.807, 2.05) is 129 Å². The zero-order chi connectivity index (χ0) is 82.2. The summed E-state index contributed by atoms with van der Waals surface area (Å²) in [5.41, 5.74) is 7.18. The molecule has 119 heavy (non-hydrogen) atoms. The third-order valence-corrected chi connectivity index (χ3v) is 20.7. The predicted octanol–water partition coefficient (Wildman–Crippen LogP) is 14.6. The second-order valence-corrected chi connectivity index (χ2v) is 30.5. The number of halogens is 5. The second kappa shape index (κ2) is 33.6. The van der Waals surface area contributed by atoms with Crippen LogP contribution in [0.2, 0.25) is 0 Å². The van der Waals surface area contributed by atoms with Gasteiger partial charge in [0.05, 0.1) is 56.2 Å². The first-order valence-corrected chi connectivity index (χ1v) is 39.0. The molecule has 13 heterocycles. The van der Waals surface area contributed by atoms with Gasteiger partial charge in [-0.1, -0.05) is 54.1 Å². The third kappa shape index (κ3) is 17.5. The summed E-state index contributed by atoms with van der Waals surface area (Å²) >= 11 is 0. The van der Waals surface area contributed by atoms with Crippen molar-refractivity contribution in [2.75, 3.05) is 61.2 Å². The number of amidine groups is 1. The number of rotatable bonds is 30. The van der Waals surface area contributed by atoms with Crippen molar-refractivity contribution >= 4 is 68.6 Å². The van der Waals surface area contributed by atoms with E-state index in [0.29, 0.717) is 131 Å². The van der Waals surface area contributed by atoms with Crippen LogP contribution in [0.1, 0.15) is 140 Å². The summed E-state index contributed by atoms with van der Waals surface area (Å²) in [5, 5.41) is 55.7. The number of anilines is 7. The van der Waals surface area contributed by atoms with Gasteiger partial charge in [0, 0.05) is 80.2 Å². The number of alkyl halides is 1. The van der Waals surface area contributed by atoms with Gasteiger partial charge in [-0.2, -0.15) is 25.5 Å². The molecule has 4 aromatic carbocycles. The summed E-state index contributed by atoms with van der Waals surface area (Å²) in [5.74, 6) is 3.69. The summed E-state index contributed by atoms with van der Waals surface area (Å²) in [6.45, 7) is 13.8. The molecule has 11 aromatic heterocycles. The largest absolute Gasteiger partial charge is 0.375 e. The first-order valence-electron chi connectivity index (χ1n) is 39.0. The lowest BCUT2D eigenvalue weighted by atomic mass is 10.1. The van der Waals surface area contributed by atoms with E-state index in [4.69, 9.17) is 74.6 Å². The van der Waals surface area contributed by atoms with Crippen molar-refractivity contribution in [2.45, 2.75) is 122 Å². The van der Waals surface area contributed by atoms with Gasteiger partial charge in [0.2, 0.25) is 0 Å². The number of benzene rings is 4. The molecule has 15 aromatic rings. The first-order chi connectivity index (χ1) is 57.6. The number of allylic oxidation sites excluding steroid dienone is 1. The molecule has 2 fully saturated rings. The highest BCUT2D eigenvalue weighted by Crippen LogP contribution is 2.36. The Morgan fingerprint density at radius 1 is 0.487 bits per heavy atom. The minimum Gasteiger partial charge on any atom is -0.375 e. The summed E-state index contributed by atoms with van der Waals surface area (Å²) in [7, 11) is 1.72. The average Bonchev–Trinajstić information content (AvgIpc) is 1.72. The second-order valence-electron chi connectivity index (χ2n) is 30.5. The SMILES string of the molecule is CN=C(C=C(C)C)Nc1nc(C(NCC2CC(n3nc(Nc4nc(C(NCC5CC(n6nc(Nc7nc(C(OCn8nc(Nc9nc(C(OCC(C)(C)F)c%10ccc(F)cc%10)nn%10cccc9%10)cc8C)c8ccc(F)cc8)nn8cccc78)cc6C)CO5)c5ccc(F)cc5)nn5cccc45)cc3C)CO2)c2ccc(F)cc2)nn2cccc12. The fraction of sp³-hybridized carbons (Fsp3) is 0.294. The van der Waals surface area contributed by atoms with Crippen molar-refractivity contribution in [2.24, 2.45) is 4.99 Å². The van der Waals surface area contributed by atoms with Gasteiger partial charge in [0.15, 0.2) is 64.0 Å². The van der Waals surface area contributed by atoms with Crippen LogP contribution in [-0.2, 0) is 25.7 Å². The van der Waals surface area contributed by atoms with Gasteiger partial charge in [0.1, 0.15) is 75.8 Å². The third-order valence-electron chi connectivity index (χ3n) is 20.7. The highest BCUT2D eigenvalue weighted by Gasteiger charge is 2.35. The predicted molar refractivity (Wildman–Crippen MR) is 437 cm³/mol. The van der Waals surface area contributed by atoms with Crippen molar-refractivity contribution in [3.63, 3.8) is 0 Å². The molecule has 8 unspecified atom stereocenters. The Balaban J connectivity index is 0.562. The number of aryl methyl sites for hydroxylation is 3. The van der Waals surface area contributed by atoms with E-state index >= 15 is 0 Å². The fourth-order valence-electron chi connectivity index (χ4n) is 15.0. The van der Waals surface area contributed by atoms with Crippen LogP contribution in [0.4, 0.5) is 62.7 Å². The molecule has 8 atom stereocenters. The van der Waals surface area contributed by atoms with Crippen LogP contribution in [0.3, 0.4) is 0 Å². The van der Waals surface area contributed by atoms with E-state index < -0.39 is 41.6 Å². The van der Waals surface area contributed by atoms with Gasteiger partial charge in [-0.15, -0.1) is 10.2 Å². The molecule has 2 saturated heterocycles. The summed E-state index contributed by atoms with van der Waals surface area (Å²) in [6, 6.07) is 43.6. The zero-order valence-electron chi connectivity index (χ0n) is 66.3. The molecular formula is C85H86F5N25O4. The zero-order valence-corrected chi connectivity index (χ0v) is 66.3. The van der Waals surface area contributed by atoms with E-state index in [2.05, 4.69) is 36.9 Å². The minimum absolute atomic E-state index is 0.104. The molecule has 0 bridgehead atoms. The van der Waals surface area contributed by atoms with Crippen LogP contribution in [0.5, 0.6) is 0 Å². The van der Waals surface area contributed by atoms with Crippen LogP contribution >= 0.6 is 0 Å². The lowest BCUT2D eigenvalue weighted by molar-refractivity contribution is -0.0000819. The average molecular weight is 1620 g/mol. The lowest BCUT2D eigenvalue weighted by Crippen LogP contribution is -2.32. The van der Waals surface area contributed by atoms with Gasteiger partial charge >= 0.3 is 0 Å². The molecule has 0 amide bonds. The number of hydrogen-bond acceptors (Lipinski definition) is 21. The maximum atomic E-state index is 14.9. The lowest BCUT2D eigenvalue weighted by Gasteiger charge is -2.22. The van der Waals surface area contributed by atoms with Gasteiger partial charge in [-0.25, -0.2) is 64.6 Å². The standard InChI is InChI=1S/C85H86F5N25O4/c1-49(2)37-69(91-8)94-77-65-13-9-33-109(65)105-81(98-77)73(53-17-25-57(86)26-18-53)92-43-63-41-61(45-116-63)114-51(4)39-71(103-114)96-78-66-14-10-34-110(66)106-82(99-78)74(54-19-27-58(87)28-20-54)93-44-64-42-62(46-117-64)115-52(5)40-72(104-115)97-80-68-16-12-36-112(68)108-84(101-80)76(56-23-31-60(89)32-24-56)119-48-113-50(3)38-70(102-113)95-79-67-15-11-35-111(67)107-83(100-79)75(118-47-85(6,7)90)55-21-29-59(88)30-22-55/h9-40,61-64,73-76,92-93H,41-48H2,1-8H3,(H,91,94,98,105)(H,95,100,102,107)(H,96,99,103,106)(H,97,101,104,108). The molecule has 34 heteroatoms. The van der Waals surface area contributed by atoms with Gasteiger partial charge < -0.3 is 50.8 Å². The number of aliphatic imine (C=N–C) groups is 1. The van der Waals surface area contributed by atoms with Gasteiger partial charge in [-0.3, -0.25) is 14.4 Å². The molecule has 0 saturated carbocycles. The van der Waals surface area contributed by atoms with Crippen molar-refractivity contribution < 1.29 is 40.9 Å². The molecule has 610 valence electrons. The van der Waals surface area contributed by atoms with Crippen LogP contribution in [-0.4, -0.2) is 151 Å². The smallest absolute Gasteiger partial charge is 0.185 e. The van der Waals surface area contributed by atoms with Crippen molar-refractivity contribution in [1.82, 2.24) is 98.4 Å². The van der Waals surface area contributed by atoms with E-state index in [0.717, 1.165) is 33.6 Å². The molecule has 0 radical (unpaired) electrons. The topological polar surface area (TPSA) is 296 Å². The fourth-order valence-corrected chi connectivity index (χ4v) is 15.0. The van der Waals surface area contributed by atoms with Crippen molar-refractivity contribution in [3.8, 4) is 0 Å². The van der Waals surface area contributed by atoms with Gasteiger partial charge in [-0.05, 0) is 187 Å². The Morgan fingerprint density at radius 2 is 0.857 bits per heavy atom. The normalized spacial score (nSPS) is 16.9. The molecule has 17 rings (SSSR count). The minimum atomic E-state index is -1.69. The summed E-state index contributed by atoms with van der Waals surface area (Å²) < 4.78 is 111. The Morgan fingerprint density at radius 3 is 1.27 bits per heavy atom. The highest BCUT2D eigenvalue weighted by atomic mass is 19.1. The number of hydrogen-bond donors (Lipinski definition) is 6. The Hall–Kier alpha value is -13.0. The monoisotopic (exact) mass is 1620 g/mol. The van der Waals surface area contributed by atoms with Crippen LogP contribution in [0.25, 0.3) is 22.1 Å². The van der Waals surface area contributed by atoms with Crippen molar-refractivity contribution in [3.05, 3.63) is 286 Å². The molecule has 6 N–H and O–H groups in total. The molecular weight excluding hydrogens is 1530 g/mol. The van der Waals surface area contributed by atoms with Gasteiger partial charge in [0.25, 0.3) is 0 Å². The maximum absolute atomic E-state index is 14.9. The van der Waals surface area contributed by atoms with Crippen LogP contribution < -0.4 is 31.9 Å². The van der Waals surface area contributed by atoms with E-state index in [9.17, 15) is 22.0 Å². The van der Waals surface area contributed by atoms with E-state index in [1.54, 1.807) is 90.7 Å². The molecule has 2 aliphatic heterocycles. The highest BCUT2D eigenvalue weighted by molar-refractivity contribution is 6.05. The van der Waals surface area contributed by atoms with Crippen LogP contribution in [0, 0.1) is 44.0 Å². The van der Waals surface area contributed by atoms with E-state index in [1.165, 1.54) is 62.4 Å². The molecule has 29 nitrogen and oxygen atoms in total. The molecule has 0 spiro atoms. The Bertz CT molecular complexity index is 6180. The number of nitrogens with one attached hydrogen (secondary N) is 6. The van der Waals surface area contributed by atoms with Crippen molar-refractivity contribution in [1.29, 1.82) is 0 Å². The number of nitrogens with zero attached hydrogens (tertiary/aromatic N) is 19. The number of ether oxygens (including phenoxy) is 4. The summed E-state index contributed by atoms with van der Waals surface area (Å²) in [4.78, 5) is 24.6. The number of fused-ring (bicyclic) bond motifs is 4. The Kier molecular flexibility index (Phi) is 22.1. The first kappa shape index (κ1) is 78.5. The molecule has 2 aliphatic rings. The molecule has 0 aliphatic carbocycles.